The van der Waals surface area contributed by atoms with Crippen LogP contribution >= 0.6 is 0 Å². The Hall–Kier alpha value is -1.26. The number of hydrogen-bond donors (Lipinski definition) is 1. The second-order valence-electron chi connectivity index (χ2n) is 6.47. The van der Waals surface area contributed by atoms with Crippen LogP contribution in [0.3, 0.4) is 0 Å². The van der Waals surface area contributed by atoms with Crippen LogP contribution in [0, 0.1) is 11.3 Å². The van der Waals surface area contributed by atoms with Crippen molar-refractivity contribution in [3.8, 4) is 0 Å². The van der Waals surface area contributed by atoms with Gasteiger partial charge in [-0.05, 0) is 33.6 Å². The van der Waals surface area contributed by atoms with Gasteiger partial charge in [0.25, 0.3) is 0 Å². The van der Waals surface area contributed by atoms with E-state index in [4.69, 9.17) is 4.74 Å². The van der Waals surface area contributed by atoms with Gasteiger partial charge in [0.05, 0.1) is 5.92 Å². The Morgan fingerprint density at radius 1 is 1.33 bits per heavy atom. The van der Waals surface area contributed by atoms with Gasteiger partial charge in [0.1, 0.15) is 5.60 Å². The van der Waals surface area contributed by atoms with Gasteiger partial charge in [-0.1, -0.05) is 6.42 Å². The molecular formula is C13H21NO4. The normalized spacial score (nSPS) is 25.9. The molecule has 2 rings (SSSR count). The predicted octanol–water partition coefficient (Wildman–Crippen LogP) is 2.11. The first-order valence-electron chi connectivity index (χ1n) is 6.44. The average molecular weight is 255 g/mol. The molecule has 0 aromatic heterocycles. The third kappa shape index (κ3) is 2.31. The molecule has 1 heterocycles. The fraction of sp³-hybridized carbons (Fsp3) is 0.846. The van der Waals surface area contributed by atoms with E-state index in [2.05, 4.69) is 0 Å². The zero-order chi connectivity index (χ0) is 13.6. The van der Waals surface area contributed by atoms with E-state index in [0.29, 0.717) is 6.54 Å². The van der Waals surface area contributed by atoms with E-state index in [1.54, 1.807) is 4.90 Å². The topological polar surface area (TPSA) is 66.8 Å². The van der Waals surface area contributed by atoms with Crippen LogP contribution in [0.5, 0.6) is 0 Å². The number of carboxylic acid groups (broad SMARTS) is 1. The van der Waals surface area contributed by atoms with E-state index in [1.165, 1.54) is 0 Å². The Kier molecular flexibility index (Phi) is 3.03. The number of amides is 1. The Labute approximate surface area is 107 Å². The molecule has 0 radical (unpaired) electrons. The molecule has 0 aromatic rings. The molecule has 1 atom stereocenters. The lowest BCUT2D eigenvalue weighted by Crippen LogP contribution is -2.41. The fourth-order valence-corrected chi connectivity index (χ4v) is 2.91. The molecule has 1 aliphatic carbocycles. The maximum absolute atomic E-state index is 12.0. The van der Waals surface area contributed by atoms with Gasteiger partial charge in [-0.2, -0.15) is 0 Å². The minimum atomic E-state index is -0.791. The van der Waals surface area contributed by atoms with Crippen LogP contribution in [-0.4, -0.2) is 40.8 Å². The lowest BCUT2D eigenvalue weighted by molar-refractivity contribution is -0.146. The molecule has 1 spiro atoms. The second kappa shape index (κ2) is 4.14. The summed E-state index contributed by atoms with van der Waals surface area (Å²) in [6.07, 6.45) is 2.48. The lowest BCUT2D eigenvalue weighted by Gasteiger charge is -2.40. The molecule has 2 fully saturated rings. The number of ether oxygens (including phenoxy) is 1. The van der Waals surface area contributed by atoms with Gasteiger partial charge in [0, 0.05) is 18.5 Å². The Morgan fingerprint density at radius 3 is 2.28 bits per heavy atom. The van der Waals surface area contributed by atoms with Crippen molar-refractivity contribution in [1.29, 1.82) is 0 Å². The van der Waals surface area contributed by atoms with E-state index >= 15 is 0 Å². The Morgan fingerprint density at radius 2 is 1.94 bits per heavy atom. The summed E-state index contributed by atoms with van der Waals surface area (Å²) in [5, 5.41) is 9.27. The summed E-state index contributed by atoms with van der Waals surface area (Å²) in [7, 11) is 0. The van der Waals surface area contributed by atoms with E-state index < -0.39 is 23.6 Å². The zero-order valence-electron chi connectivity index (χ0n) is 11.2. The summed E-state index contributed by atoms with van der Waals surface area (Å²) in [6, 6.07) is 0. The fourth-order valence-electron chi connectivity index (χ4n) is 2.91. The van der Waals surface area contributed by atoms with Gasteiger partial charge in [-0.3, -0.25) is 4.79 Å². The molecule has 0 bridgehead atoms. The molecular weight excluding hydrogens is 234 g/mol. The van der Waals surface area contributed by atoms with Gasteiger partial charge in [-0.25, -0.2) is 4.79 Å². The third-order valence-corrected chi connectivity index (χ3v) is 3.95. The first-order valence-corrected chi connectivity index (χ1v) is 6.44. The highest BCUT2D eigenvalue weighted by Crippen LogP contribution is 2.51. The highest BCUT2D eigenvalue weighted by atomic mass is 16.6. The van der Waals surface area contributed by atoms with Crippen molar-refractivity contribution >= 4 is 12.1 Å². The van der Waals surface area contributed by atoms with Gasteiger partial charge in [-0.15, -0.1) is 0 Å². The van der Waals surface area contributed by atoms with Gasteiger partial charge in [0.15, 0.2) is 0 Å². The van der Waals surface area contributed by atoms with Crippen molar-refractivity contribution in [1.82, 2.24) is 4.90 Å². The van der Waals surface area contributed by atoms with Gasteiger partial charge < -0.3 is 14.7 Å². The molecule has 1 unspecified atom stereocenters. The number of carbonyl (C=O) groups is 2. The largest absolute Gasteiger partial charge is 0.481 e. The number of carboxylic acids is 1. The van der Waals surface area contributed by atoms with E-state index in [0.717, 1.165) is 19.3 Å². The molecule has 1 N–H and O–H groups in total. The Balaban J connectivity index is 2.05. The van der Waals surface area contributed by atoms with Gasteiger partial charge >= 0.3 is 12.1 Å². The molecule has 1 amide bonds. The summed E-state index contributed by atoms with van der Waals surface area (Å²) in [6.45, 7) is 6.25. The highest BCUT2D eigenvalue weighted by molar-refractivity contribution is 5.75. The first-order chi connectivity index (χ1) is 8.23. The maximum Gasteiger partial charge on any atom is 0.410 e. The van der Waals surface area contributed by atoms with Crippen molar-refractivity contribution in [2.75, 3.05) is 13.1 Å². The summed E-state index contributed by atoms with van der Waals surface area (Å²) >= 11 is 0. The summed E-state index contributed by atoms with van der Waals surface area (Å²) in [5.74, 6) is -1.22. The molecule has 1 aliphatic heterocycles. The minimum Gasteiger partial charge on any atom is -0.481 e. The average Bonchev–Trinajstić information content (AvgIpc) is 2.53. The third-order valence-electron chi connectivity index (χ3n) is 3.95. The molecule has 5 heteroatoms. The van der Waals surface area contributed by atoms with Crippen molar-refractivity contribution in [3.63, 3.8) is 0 Å². The Bertz CT molecular complexity index is 368. The molecule has 1 saturated heterocycles. The second-order valence-corrected chi connectivity index (χ2v) is 6.47. The molecule has 2 aliphatic rings. The van der Waals surface area contributed by atoms with E-state index in [-0.39, 0.29) is 12.0 Å². The maximum atomic E-state index is 12.0. The van der Waals surface area contributed by atoms with E-state index in [1.807, 2.05) is 20.8 Å². The van der Waals surface area contributed by atoms with Crippen LogP contribution in [-0.2, 0) is 9.53 Å². The van der Waals surface area contributed by atoms with Crippen LogP contribution in [0.1, 0.15) is 40.0 Å². The van der Waals surface area contributed by atoms with Crippen molar-refractivity contribution < 1.29 is 19.4 Å². The van der Waals surface area contributed by atoms with Crippen LogP contribution in [0.2, 0.25) is 0 Å². The highest BCUT2D eigenvalue weighted by Gasteiger charge is 2.55. The van der Waals surface area contributed by atoms with Crippen molar-refractivity contribution in [2.45, 2.75) is 45.6 Å². The summed E-state index contributed by atoms with van der Waals surface area (Å²) in [5.41, 5.74) is -0.728. The summed E-state index contributed by atoms with van der Waals surface area (Å²) < 4.78 is 5.31. The molecule has 102 valence electrons. The molecule has 5 nitrogen and oxygen atoms in total. The SMILES string of the molecule is CC(C)(C)OC(=O)N1CC(C(=O)O)C2(CCC2)C1. The first kappa shape index (κ1) is 13.2. The van der Waals surface area contributed by atoms with Crippen molar-refractivity contribution in [3.05, 3.63) is 0 Å². The van der Waals surface area contributed by atoms with Crippen LogP contribution in [0.4, 0.5) is 4.79 Å². The number of likely N-dealkylation sites (tertiary alicyclic amines) is 1. The van der Waals surface area contributed by atoms with Crippen LogP contribution in [0.15, 0.2) is 0 Å². The van der Waals surface area contributed by atoms with E-state index in [9.17, 15) is 14.7 Å². The monoisotopic (exact) mass is 255 g/mol. The lowest BCUT2D eigenvalue weighted by atomic mass is 9.63. The van der Waals surface area contributed by atoms with Crippen molar-refractivity contribution in [2.24, 2.45) is 11.3 Å². The number of rotatable bonds is 1. The molecule has 18 heavy (non-hydrogen) atoms. The number of nitrogens with zero attached hydrogens (tertiary/aromatic N) is 1. The van der Waals surface area contributed by atoms with Crippen LogP contribution in [0.25, 0.3) is 0 Å². The predicted molar refractivity (Wildman–Crippen MR) is 65.2 cm³/mol. The zero-order valence-corrected chi connectivity index (χ0v) is 11.2. The number of hydrogen-bond acceptors (Lipinski definition) is 3. The molecule has 1 saturated carbocycles. The van der Waals surface area contributed by atoms with Crippen LogP contribution < -0.4 is 0 Å². The minimum absolute atomic E-state index is 0.192. The summed E-state index contributed by atoms with van der Waals surface area (Å²) in [4.78, 5) is 24.8. The molecule has 0 aromatic carbocycles. The number of aliphatic carboxylic acids is 1. The quantitative estimate of drug-likeness (QED) is 0.779. The van der Waals surface area contributed by atoms with Gasteiger partial charge in [0.2, 0.25) is 0 Å². The smallest absolute Gasteiger partial charge is 0.410 e. The number of carbonyl (C=O) groups excluding carboxylic acids is 1. The standard InChI is InChI=1S/C13H21NO4/c1-12(2,3)18-11(17)14-7-9(10(15)16)13(8-14)5-4-6-13/h9H,4-8H2,1-3H3,(H,15,16).